The van der Waals surface area contributed by atoms with Gasteiger partial charge in [-0.25, -0.2) is 0 Å². The molecule has 0 aliphatic rings. The third-order valence-corrected chi connectivity index (χ3v) is 5.83. The molecule has 0 saturated heterocycles. The summed E-state index contributed by atoms with van der Waals surface area (Å²) < 4.78 is 11.5. The number of amides is 1. The molecule has 0 bridgehead atoms. The lowest BCUT2D eigenvalue weighted by molar-refractivity contribution is 0.0903. The Bertz CT molecular complexity index is 957. The predicted octanol–water partition coefficient (Wildman–Crippen LogP) is 6.82. The van der Waals surface area contributed by atoms with Crippen molar-refractivity contribution >= 4 is 5.91 Å². The molecule has 1 aromatic heterocycles. The van der Waals surface area contributed by atoms with E-state index in [0.717, 1.165) is 30.6 Å². The predicted molar refractivity (Wildman–Crippen MR) is 125 cm³/mol. The van der Waals surface area contributed by atoms with Gasteiger partial charge in [0.25, 0.3) is 5.91 Å². The molecule has 2 atom stereocenters. The first-order chi connectivity index (χ1) is 15.0. The topological polar surface area (TPSA) is 51.5 Å². The van der Waals surface area contributed by atoms with E-state index in [9.17, 15) is 4.79 Å². The van der Waals surface area contributed by atoms with Crippen LogP contribution in [0.1, 0.15) is 85.5 Å². The standard InChI is InChI=1S/C27H33NO3/c1-5-19(4)21-10-12-22(13-11-21)25(7-3)28-27(29)26-17-16-24(31-26)18-30-23-14-8-20(6-2)9-15-23/h8-17,19,25H,5-7,18H2,1-4H3,(H,28,29). The van der Waals surface area contributed by atoms with Gasteiger partial charge in [0, 0.05) is 0 Å². The molecule has 0 fully saturated rings. The summed E-state index contributed by atoms with van der Waals surface area (Å²) in [6.07, 6.45) is 2.92. The molecule has 0 spiro atoms. The average molecular weight is 420 g/mol. The normalized spacial score (nSPS) is 12.9. The SMILES string of the molecule is CCc1ccc(OCc2ccc(C(=O)NC(CC)c3ccc(C(C)CC)cc3)o2)cc1. The number of carbonyl (C=O) groups excluding carboxylic acids is 1. The third kappa shape index (κ3) is 6.00. The number of rotatable bonds is 10. The van der Waals surface area contributed by atoms with Gasteiger partial charge in [0.05, 0.1) is 6.04 Å². The Morgan fingerprint density at radius 3 is 2.19 bits per heavy atom. The molecule has 2 unspecified atom stereocenters. The van der Waals surface area contributed by atoms with Crippen molar-refractivity contribution in [2.24, 2.45) is 0 Å². The van der Waals surface area contributed by atoms with Crippen molar-refractivity contribution in [3.63, 3.8) is 0 Å². The number of carbonyl (C=O) groups is 1. The van der Waals surface area contributed by atoms with Crippen molar-refractivity contribution in [1.82, 2.24) is 5.32 Å². The van der Waals surface area contributed by atoms with E-state index in [1.807, 2.05) is 12.1 Å². The lowest BCUT2D eigenvalue weighted by atomic mass is 9.95. The van der Waals surface area contributed by atoms with E-state index in [2.05, 4.69) is 69.4 Å². The average Bonchev–Trinajstić information content (AvgIpc) is 3.30. The molecule has 2 aromatic carbocycles. The minimum absolute atomic E-state index is 0.0552. The second-order valence-corrected chi connectivity index (χ2v) is 7.96. The molecule has 164 valence electrons. The van der Waals surface area contributed by atoms with Gasteiger partial charge in [-0.2, -0.15) is 0 Å². The van der Waals surface area contributed by atoms with Crippen LogP contribution in [0.5, 0.6) is 5.75 Å². The molecule has 3 rings (SSSR count). The van der Waals surface area contributed by atoms with Crippen LogP contribution in [0.25, 0.3) is 0 Å². The zero-order valence-electron chi connectivity index (χ0n) is 19.0. The van der Waals surface area contributed by atoms with Gasteiger partial charge < -0.3 is 14.5 Å². The van der Waals surface area contributed by atoms with E-state index in [1.54, 1.807) is 12.1 Å². The molecular formula is C27H33NO3. The number of furan rings is 1. The first kappa shape index (κ1) is 22.7. The Morgan fingerprint density at radius 2 is 1.58 bits per heavy atom. The van der Waals surface area contributed by atoms with E-state index >= 15 is 0 Å². The van der Waals surface area contributed by atoms with Crippen LogP contribution in [0.15, 0.2) is 65.1 Å². The molecule has 4 nitrogen and oxygen atoms in total. The highest BCUT2D eigenvalue weighted by Gasteiger charge is 2.17. The van der Waals surface area contributed by atoms with E-state index < -0.39 is 0 Å². The number of aryl methyl sites for hydroxylation is 1. The molecule has 0 saturated carbocycles. The fraction of sp³-hybridized carbons (Fsp3) is 0.370. The van der Waals surface area contributed by atoms with E-state index in [0.29, 0.717) is 17.4 Å². The highest BCUT2D eigenvalue weighted by molar-refractivity contribution is 5.91. The lowest BCUT2D eigenvalue weighted by Gasteiger charge is -2.18. The van der Waals surface area contributed by atoms with Crippen molar-refractivity contribution in [2.45, 2.75) is 65.5 Å². The molecule has 0 aliphatic carbocycles. The van der Waals surface area contributed by atoms with Crippen LogP contribution < -0.4 is 10.1 Å². The number of ether oxygens (including phenoxy) is 1. The highest BCUT2D eigenvalue weighted by Crippen LogP contribution is 2.23. The summed E-state index contributed by atoms with van der Waals surface area (Å²) in [5.74, 6) is 2.03. The maximum Gasteiger partial charge on any atom is 0.287 e. The molecule has 3 aromatic rings. The van der Waals surface area contributed by atoms with Crippen molar-refractivity contribution in [2.75, 3.05) is 0 Å². The quantitative estimate of drug-likeness (QED) is 0.392. The minimum atomic E-state index is -0.212. The maximum absolute atomic E-state index is 12.7. The summed E-state index contributed by atoms with van der Waals surface area (Å²) in [5, 5.41) is 3.09. The Kier molecular flexibility index (Phi) is 7.94. The van der Waals surface area contributed by atoms with Gasteiger partial charge in [-0.1, -0.05) is 64.1 Å². The van der Waals surface area contributed by atoms with Crippen molar-refractivity contribution in [1.29, 1.82) is 0 Å². The fourth-order valence-corrected chi connectivity index (χ4v) is 3.50. The Balaban J connectivity index is 1.58. The molecule has 0 radical (unpaired) electrons. The van der Waals surface area contributed by atoms with Crippen molar-refractivity contribution < 1.29 is 13.9 Å². The van der Waals surface area contributed by atoms with Gasteiger partial charge in [0.15, 0.2) is 5.76 Å². The Morgan fingerprint density at radius 1 is 0.903 bits per heavy atom. The van der Waals surface area contributed by atoms with E-state index in [4.69, 9.17) is 9.15 Å². The highest BCUT2D eigenvalue weighted by atomic mass is 16.5. The zero-order chi connectivity index (χ0) is 22.2. The van der Waals surface area contributed by atoms with Crippen LogP contribution in [0.2, 0.25) is 0 Å². The second kappa shape index (κ2) is 10.9. The summed E-state index contributed by atoms with van der Waals surface area (Å²) >= 11 is 0. The van der Waals surface area contributed by atoms with Crippen LogP contribution in [-0.2, 0) is 13.0 Å². The Hall–Kier alpha value is -3.01. The number of benzene rings is 2. The summed E-state index contributed by atoms with van der Waals surface area (Å²) in [5.41, 5.74) is 3.70. The molecule has 0 aliphatic heterocycles. The van der Waals surface area contributed by atoms with Gasteiger partial charge in [0.2, 0.25) is 0 Å². The number of nitrogens with one attached hydrogen (secondary N) is 1. The molecule has 31 heavy (non-hydrogen) atoms. The fourth-order valence-electron chi connectivity index (χ4n) is 3.50. The number of hydrogen-bond donors (Lipinski definition) is 1. The van der Waals surface area contributed by atoms with Crippen LogP contribution in [0.3, 0.4) is 0 Å². The monoisotopic (exact) mass is 419 g/mol. The maximum atomic E-state index is 12.7. The van der Waals surface area contributed by atoms with Crippen molar-refractivity contribution in [3.8, 4) is 5.75 Å². The first-order valence-corrected chi connectivity index (χ1v) is 11.2. The smallest absolute Gasteiger partial charge is 0.287 e. The molecule has 1 amide bonds. The summed E-state index contributed by atoms with van der Waals surface area (Å²) in [7, 11) is 0. The molecule has 1 heterocycles. The van der Waals surface area contributed by atoms with E-state index in [-0.39, 0.29) is 18.6 Å². The van der Waals surface area contributed by atoms with Crippen LogP contribution in [0.4, 0.5) is 0 Å². The summed E-state index contributed by atoms with van der Waals surface area (Å²) in [6.45, 7) is 8.90. The Labute approximate surface area is 185 Å². The van der Waals surface area contributed by atoms with Gasteiger partial charge in [-0.3, -0.25) is 4.79 Å². The van der Waals surface area contributed by atoms with Gasteiger partial charge in [0.1, 0.15) is 18.1 Å². The van der Waals surface area contributed by atoms with Gasteiger partial charge >= 0.3 is 0 Å². The second-order valence-electron chi connectivity index (χ2n) is 7.96. The van der Waals surface area contributed by atoms with Crippen LogP contribution in [0, 0.1) is 0 Å². The lowest BCUT2D eigenvalue weighted by Crippen LogP contribution is -2.27. The molecule has 1 N–H and O–H groups in total. The summed E-state index contributed by atoms with van der Waals surface area (Å²) in [4.78, 5) is 12.7. The number of hydrogen-bond acceptors (Lipinski definition) is 3. The van der Waals surface area contributed by atoms with Crippen molar-refractivity contribution in [3.05, 3.63) is 88.9 Å². The van der Waals surface area contributed by atoms with Gasteiger partial charge in [-0.05, 0) is 66.1 Å². The van der Waals surface area contributed by atoms with Gasteiger partial charge in [-0.15, -0.1) is 0 Å². The summed E-state index contributed by atoms with van der Waals surface area (Å²) in [6, 6.07) is 20.0. The molecular weight excluding hydrogens is 386 g/mol. The largest absolute Gasteiger partial charge is 0.486 e. The molecule has 4 heteroatoms. The third-order valence-electron chi connectivity index (χ3n) is 5.83. The van der Waals surface area contributed by atoms with E-state index in [1.165, 1.54) is 11.1 Å². The zero-order valence-corrected chi connectivity index (χ0v) is 19.0. The van der Waals surface area contributed by atoms with Crippen LogP contribution in [-0.4, -0.2) is 5.91 Å². The first-order valence-electron chi connectivity index (χ1n) is 11.2. The minimum Gasteiger partial charge on any atom is -0.486 e. The van der Waals surface area contributed by atoms with Crippen LogP contribution >= 0.6 is 0 Å².